The lowest BCUT2D eigenvalue weighted by Crippen LogP contribution is -1.96. The van der Waals surface area contributed by atoms with Gasteiger partial charge in [0.05, 0.1) is 11.4 Å². The van der Waals surface area contributed by atoms with E-state index >= 15 is 0 Å². The van der Waals surface area contributed by atoms with Gasteiger partial charge in [-0.15, -0.1) is 11.6 Å². The molecule has 2 aromatic rings. The number of halogens is 2. The maximum Gasteiger partial charge on any atom is 0.142 e. The summed E-state index contributed by atoms with van der Waals surface area (Å²) in [4.78, 5) is 0. The number of hydrogen-bond acceptors (Lipinski definition) is 1. The minimum atomic E-state index is -0.399. The van der Waals surface area contributed by atoms with Gasteiger partial charge in [-0.3, -0.25) is 0 Å². The fraction of sp³-hybridized carbons (Fsp3) is 0.176. The Kier molecular flexibility index (Phi) is 5.03. The van der Waals surface area contributed by atoms with Gasteiger partial charge in [-0.05, 0) is 24.6 Å². The van der Waals surface area contributed by atoms with Crippen LogP contribution in [0.2, 0.25) is 0 Å². The molecular formula is C17H14ClFO. The molecule has 0 aliphatic heterocycles. The van der Waals surface area contributed by atoms with Crippen molar-refractivity contribution in [1.82, 2.24) is 0 Å². The van der Waals surface area contributed by atoms with E-state index in [1.165, 1.54) is 11.6 Å². The molecule has 2 aromatic carbocycles. The van der Waals surface area contributed by atoms with Crippen molar-refractivity contribution >= 4 is 11.6 Å². The van der Waals surface area contributed by atoms with E-state index in [9.17, 15) is 4.39 Å². The van der Waals surface area contributed by atoms with Crippen LogP contribution in [0.5, 0.6) is 5.75 Å². The molecule has 0 saturated heterocycles. The Morgan fingerprint density at radius 3 is 2.55 bits per heavy atom. The first-order valence-electron chi connectivity index (χ1n) is 6.22. The van der Waals surface area contributed by atoms with Gasteiger partial charge < -0.3 is 4.74 Å². The van der Waals surface area contributed by atoms with Gasteiger partial charge in [0.2, 0.25) is 0 Å². The fourth-order valence-electron chi connectivity index (χ4n) is 1.67. The normalized spacial score (nSPS) is 9.75. The molecule has 0 atom stereocenters. The molecule has 0 amide bonds. The van der Waals surface area contributed by atoms with E-state index in [1.54, 1.807) is 12.1 Å². The van der Waals surface area contributed by atoms with Crippen molar-refractivity contribution in [1.29, 1.82) is 0 Å². The van der Waals surface area contributed by atoms with E-state index in [-0.39, 0.29) is 5.88 Å². The summed E-state index contributed by atoms with van der Waals surface area (Å²) in [5.41, 5.74) is 2.57. The quantitative estimate of drug-likeness (QED) is 0.604. The SMILES string of the molecule is Cc1ccc(COc2ccc(C#CCCl)c(F)c2)cc1. The number of benzene rings is 2. The first kappa shape index (κ1) is 14.4. The largest absolute Gasteiger partial charge is 0.489 e. The number of alkyl halides is 1. The summed E-state index contributed by atoms with van der Waals surface area (Å²) in [6.07, 6.45) is 0. The molecule has 0 radical (unpaired) electrons. The second-order valence-electron chi connectivity index (χ2n) is 4.35. The van der Waals surface area contributed by atoms with Gasteiger partial charge in [-0.2, -0.15) is 0 Å². The molecule has 0 spiro atoms. The lowest BCUT2D eigenvalue weighted by molar-refractivity contribution is 0.304. The average Bonchev–Trinajstić information content (AvgIpc) is 2.46. The molecule has 0 bridgehead atoms. The van der Waals surface area contributed by atoms with Crippen LogP contribution in [-0.4, -0.2) is 5.88 Å². The van der Waals surface area contributed by atoms with Crippen LogP contribution in [0.4, 0.5) is 4.39 Å². The van der Waals surface area contributed by atoms with Gasteiger partial charge in [0.25, 0.3) is 0 Å². The van der Waals surface area contributed by atoms with Crippen molar-refractivity contribution in [3.63, 3.8) is 0 Å². The standard InChI is InChI=1S/C17H14ClFO/c1-13-4-6-14(7-5-13)12-20-16-9-8-15(3-2-10-18)17(19)11-16/h4-9,11H,10,12H2,1H3. The molecule has 0 N–H and O–H groups in total. The van der Waals surface area contributed by atoms with Crippen molar-refractivity contribution in [2.45, 2.75) is 13.5 Å². The molecule has 0 fully saturated rings. The van der Waals surface area contributed by atoms with Crippen LogP contribution < -0.4 is 4.74 Å². The Morgan fingerprint density at radius 2 is 1.90 bits per heavy atom. The molecule has 0 heterocycles. The van der Waals surface area contributed by atoms with Crippen LogP contribution in [0.3, 0.4) is 0 Å². The zero-order chi connectivity index (χ0) is 14.4. The number of rotatable bonds is 3. The number of ether oxygens (including phenoxy) is 1. The second kappa shape index (κ2) is 6.98. The third-order valence-electron chi connectivity index (χ3n) is 2.76. The minimum absolute atomic E-state index is 0.186. The highest BCUT2D eigenvalue weighted by molar-refractivity contribution is 6.19. The molecule has 3 heteroatoms. The number of aryl methyl sites for hydroxylation is 1. The first-order chi connectivity index (χ1) is 9.69. The molecule has 0 saturated carbocycles. The second-order valence-corrected chi connectivity index (χ2v) is 4.62. The summed E-state index contributed by atoms with van der Waals surface area (Å²) in [5.74, 6) is 5.55. The Hall–Kier alpha value is -1.98. The molecule has 0 aromatic heterocycles. The summed E-state index contributed by atoms with van der Waals surface area (Å²) >= 11 is 5.44. The van der Waals surface area contributed by atoms with Crippen LogP contribution in [0, 0.1) is 24.6 Å². The van der Waals surface area contributed by atoms with E-state index in [0.717, 1.165) is 5.56 Å². The van der Waals surface area contributed by atoms with E-state index in [1.807, 2.05) is 31.2 Å². The van der Waals surface area contributed by atoms with Crippen LogP contribution in [0.25, 0.3) is 0 Å². The highest BCUT2D eigenvalue weighted by Crippen LogP contribution is 2.17. The van der Waals surface area contributed by atoms with Crippen molar-refractivity contribution < 1.29 is 9.13 Å². The zero-order valence-corrected chi connectivity index (χ0v) is 11.9. The third-order valence-corrected chi connectivity index (χ3v) is 2.89. The average molecular weight is 289 g/mol. The zero-order valence-electron chi connectivity index (χ0n) is 11.1. The molecular weight excluding hydrogens is 275 g/mol. The van der Waals surface area contributed by atoms with Crippen LogP contribution >= 0.6 is 11.6 Å². The Balaban J connectivity index is 2.03. The summed E-state index contributed by atoms with van der Waals surface area (Å²) < 4.78 is 19.3. The summed E-state index contributed by atoms with van der Waals surface area (Å²) in [5, 5.41) is 0. The van der Waals surface area contributed by atoms with Crippen molar-refractivity contribution in [2.75, 3.05) is 5.88 Å². The van der Waals surface area contributed by atoms with Crippen LogP contribution in [-0.2, 0) is 6.61 Å². The third kappa shape index (κ3) is 4.01. The summed E-state index contributed by atoms with van der Waals surface area (Å²) in [6.45, 7) is 2.44. The van der Waals surface area contributed by atoms with Gasteiger partial charge in [0.1, 0.15) is 18.2 Å². The van der Waals surface area contributed by atoms with Gasteiger partial charge in [-0.1, -0.05) is 41.7 Å². The Labute approximate surface area is 123 Å². The van der Waals surface area contributed by atoms with E-state index < -0.39 is 5.82 Å². The topological polar surface area (TPSA) is 9.23 Å². The fourth-order valence-corrected chi connectivity index (χ4v) is 1.73. The Bertz CT molecular complexity index is 638. The highest BCUT2D eigenvalue weighted by Gasteiger charge is 2.02. The van der Waals surface area contributed by atoms with E-state index in [4.69, 9.17) is 16.3 Å². The Morgan fingerprint density at radius 1 is 1.15 bits per heavy atom. The molecule has 102 valence electrons. The van der Waals surface area contributed by atoms with E-state index in [0.29, 0.717) is 17.9 Å². The lowest BCUT2D eigenvalue weighted by atomic mass is 10.2. The van der Waals surface area contributed by atoms with Crippen LogP contribution in [0.15, 0.2) is 42.5 Å². The molecule has 1 nitrogen and oxygen atoms in total. The first-order valence-corrected chi connectivity index (χ1v) is 6.75. The van der Waals surface area contributed by atoms with Crippen molar-refractivity contribution in [3.8, 4) is 17.6 Å². The smallest absolute Gasteiger partial charge is 0.142 e. The lowest BCUT2D eigenvalue weighted by Gasteiger charge is -2.07. The monoisotopic (exact) mass is 288 g/mol. The molecule has 0 unspecified atom stereocenters. The highest BCUT2D eigenvalue weighted by atomic mass is 35.5. The molecule has 0 aliphatic carbocycles. The minimum Gasteiger partial charge on any atom is -0.489 e. The molecule has 2 rings (SSSR count). The van der Waals surface area contributed by atoms with Gasteiger partial charge in [0.15, 0.2) is 0 Å². The predicted molar refractivity (Wildman–Crippen MR) is 79.5 cm³/mol. The van der Waals surface area contributed by atoms with E-state index in [2.05, 4.69) is 11.8 Å². The van der Waals surface area contributed by atoms with Crippen LogP contribution in [0.1, 0.15) is 16.7 Å². The van der Waals surface area contributed by atoms with Crippen molar-refractivity contribution in [2.24, 2.45) is 0 Å². The van der Waals surface area contributed by atoms with Gasteiger partial charge >= 0.3 is 0 Å². The summed E-state index contributed by atoms with van der Waals surface area (Å²) in [6, 6.07) is 12.7. The van der Waals surface area contributed by atoms with Crippen molar-refractivity contribution in [3.05, 3.63) is 65.0 Å². The molecule has 20 heavy (non-hydrogen) atoms. The van der Waals surface area contributed by atoms with Gasteiger partial charge in [0, 0.05) is 6.07 Å². The molecule has 0 aliphatic rings. The maximum atomic E-state index is 13.7. The number of hydrogen-bond donors (Lipinski definition) is 0. The summed E-state index contributed by atoms with van der Waals surface area (Å²) in [7, 11) is 0. The predicted octanol–water partition coefficient (Wildman–Crippen LogP) is 4.30. The maximum absolute atomic E-state index is 13.7. The van der Waals surface area contributed by atoms with Gasteiger partial charge in [-0.25, -0.2) is 4.39 Å².